The van der Waals surface area contributed by atoms with E-state index >= 15 is 0 Å². The number of hydrogen-bond acceptors (Lipinski definition) is 3. The van der Waals surface area contributed by atoms with Gasteiger partial charge < -0.3 is 20.1 Å². The van der Waals surface area contributed by atoms with Gasteiger partial charge in [0, 0.05) is 13.7 Å². The van der Waals surface area contributed by atoms with Crippen LogP contribution in [0.3, 0.4) is 0 Å². The molecule has 5 nitrogen and oxygen atoms in total. The molecule has 1 rings (SSSR count). The normalized spacial score (nSPS) is 12.0. The number of amides is 2. The van der Waals surface area contributed by atoms with Crippen LogP contribution in [0.5, 0.6) is 5.75 Å². The molecule has 1 aromatic carbocycles. The van der Waals surface area contributed by atoms with E-state index in [-0.39, 0.29) is 17.8 Å². The summed E-state index contributed by atoms with van der Waals surface area (Å²) in [5, 5.41) is 5.43. The molecular weight excluding hydrogens is 282 g/mol. The fourth-order valence-electron chi connectivity index (χ4n) is 1.72. The average Bonchev–Trinajstić information content (AvgIpc) is 2.40. The topological polar surface area (TPSA) is 59.6 Å². The zero-order chi connectivity index (χ0) is 15.7. The van der Waals surface area contributed by atoms with E-state index in [2.05, 4.69) is 15.4 Å². The highest BCUT2D eigenvalue weighted by Crippen LogP contribution is 2.14. The molecule has 0 aliphatic rings. The van der Waals surface area contributed by atoms with E-state index in [0.717, 1.165) is 5.56 Å². The van der Waals surface area contributed by atoms with Crippen LogP contribution in [0.2, 0.25) is 0 Å². The smallest absolute Gasteiger partial charge is 0.387 e. The van der Waals surface area contributed by atoms with Crippen LogP contribution in [0.25, 0.3) is 0 Å². The highest BCUT2D eigenvalue weighted by Gasteiger charge is 2.06. The number of carbonyl (C=O) groups excluding carboxylic acids is 1. The number of alkyl halides is 2. The summed E-state index contributed by atoms with van der Waals surface area (Å²) in [5.41, 5.74) is 0.918. The van der Waals surface area contributed by atoms with E-state index in [1.165, 1.54) is 12.1 Å². The molecule has 0 fully saturated rings. The maximum atomic E-state index is 12.0. The van der Waals surface area contributed by atoms with Crippen LogP contribution in [0.15, 0.2) is 24.3 Å². The molecule has 0 radical (unpaired) electrons. The highest BCUT2D eigenvalue weighted by molar-refractivity contribution is 5.74. The lowest BCUT2D eigenvalue weighted by atomic mass is 10.1. The summed E-state index contributed by atoms with van der Waals surface area (Å²) in [6.45, 7) is -0.0972. The number of halogens is 2. The minimum absolute atomic E-state index is 0.0687. The van der Waals surface area contributed by atoms with Crippen LogP contribution in [-0.4, -0.2) is 38.9 Å². The molecule has 1 atom stereocenters. The molecule has 0 aliphatic heterocycles. The number of hydrogen-bond donors (Lipinski definition) is 2. The van der Waals surface area contributed by atoms with Crippen molar-refractivity contribution in [2.45, 2.75) is 26.0 Å². The van der Waals surface area contributed by atoms with Crippen LogP contribution >= 0.6 is 0 Å². The van der Waals surface area contributed by atoms with E-state index < -0.39 is 6.61 Å². The molecule has 1 unspecified atom stereocenters. The quantitative estimate of drug-likeness (QED) is 0.773. The van der Waals surface area contributed by atoms with E-state index in [1.54, 1.807) is 19.2 Å². The molecule has 21 heavy (non-hydrogen) atoms. The van der Waals surface area contributed by atoms with Gasteiger partial charge in [0.2, 0.25) is 0 Å². The van der Waals surface area contributed by atoms with Crippen molar-refractivity contribution < 1.29 is 23.0 Å². The van der Waals surface area contributed by atoms with Gasteiger partial charge in [-0.15, -0.1) is 0 Å². The van der Waals surface area contributed by atoms with Gasteiger partial charge in [-0.2, -0.15) is 8.78 Å². The Kier molecular flexibility index (Phi) is 7.45. The van der Waals surface area contributed by atoms with Gasteiger partial charge in [-0.25, -0.2) is 4.79 Å². The van der Waals surface area contributed by atoms with Gasteiger partial charge in [0.15, 0.2) is 0 Å². The summed E-state index contributed by atoms with van der Waals surface area (Å²) in [4.78, 5) is 11.5. The van der Waals surface area contributed by atoms with Gasteiger partial charge >= 0.3 is 12.6 Å². The molecule has 2 N–H and O–H groups in total. The van der Waals surface area contributed by atoms with Crippen LogP contribution in [0, 0.1) is 0 Å². The molecule has 0 aromatic heterocycles. The lowest BCUT2D eigenvalue weighted by molar-refractivity contribution is -0.0498. The van der Waals surface area contributed by atoms with Gasteiger partial charge in [-0.1, -0.05) is 12.1 Å². The number of rotatable bonds is 8. The first-order valence-corrected chi connectivity index (χ1v) is 6.58. The monoisotopic (exact) mass is 302 g/mol. The molecule has 0 spiro atoms. The fraction of sp³-hybridized carbons (Fsp3) is 0.500. The van der Waals surface area contributed by atoms with Crippen LogP contribution in [0.1, 0.15) is 12.5 Å². The third-order valence-corrected chi connectivity index (χ3v) is 2.64. The van der Waals surface area contributed by atoms with Crippen molar-refractivity contribution in [1.82, 2.24) is 10.6 Å². The van der Waals surface area contributed by atoms with Crippen molar-refractivity contribution in [3.63, 3.8) is 0 Å². The van der Waals surface area contributed by atoms with Crippen LogP contribution < -0.4 is 15.4 Å². The molecule has 0 saturated heterocycles. The lowest BCUT2D eigenvalue weighted by Crippen LogP contribution is -2.43. The predicted molar refractivity (Wildman–Crippen MR) is 74.7 cm³/mol. The number of nitrogens with one attached hydrogen (secondary N) is 2. The van der Waals surface area contributed by atoms with E-state index in [0.29, 0.717) is 19.6 Å². The van der Waals surface area contributed by atoms with E-state index in [4.69, 9.17) is 4.74 Å². The molecular formula is C14H20F2N2O3. The predicted octanol–water partition coefficient (Wildman–Crippen LogP) is 2.16. The zero-order valence-electron chi connectivity index (χ0n) is 12.1. The van der Waals surface area contributed by atoms with Crippen LogP contribution in [-0.2, 0) is 11.2 Å². The van der Waals surface area contributed by atoms with Gasteiger partial charge in [0.05, 0.1) is 12.6 Å². The minimum Gasteiger partial charge on any atom is -0.435 e. The maximum Gasteiger partial charge on any atom is 0.387 e. The Morgan fingerprint density at radius 1 is 1.29 bits per heavy atom. The van der Waals surface area contributed by atoms with Crippen molar-refractivity contribution in [2.24, 2.45) is 0 Å². The first-order chi connectivity index (χ1) is 10.0. The third kappa shape index (κ3) is 7.45. The molecule has 118 valence electrons. The largest absolute Gasteiger partial charge is 0.435 e. The van der Waals surface area contributed by atoms with Crippen molar-refractivity contribution >= 4 is 6.03 Å². The standard InChI is InChI=1S/C14H20F2N2O3/c1-10(9-20-2)18-14(19)17-8-7-11-3-5-12(6-4-11)21-13(15)16/h3-6,10,13H,7-9H2,1-2H3,(H2,17,18,19). The van der Waals surface area contributed by atoms with Gasteiger partial charge in [-0.3, -0.25) is 0 Å². The summed E-state index contributed by atoms with van der Waals surface area (Å²) in [6, 6.07) is 5.98. The summed E-state index contributed by atoms with van der Waals surface area (Å²) in [6.07, 6.45) is 0.598. The Balaban J connectivity index is 2.27. The minimum atomic E-state index is -2.82. The number of ether oxygens (including phenoxy) is 2. The molecule has 0 heterocycles. The maximum absolute atomic E-state index is 12.0. The molecule has 0 bridgehead atoms. The SMILES string of the molecule is COCC(C)NC(=O)NCCc1ccc(OC(F)F)cc1. The Morgan fingerprint density at radius 3 is 2.52 bits per heavy atom. The second kappa shape index (κ2) is 9.12. The summed E-state index contributed by atoms with van der Waals surface area (Å²) >= 11 is 0. The molecule has 1 aromatic rings. The van der Waals surface area contributed by atoms with Crippen molar-refractivity contribution in [1.29, 1.82) is 0 Å². The average molecular weight is 302 g/mol. The van der Waals surface area contributed by atoms with E-state index in [9.17, 15) is 13.6 Å². The third-order valence-electron chi connectivity index (χ3n) is 2.64. The van der Waals surface area contributed by atoms with E-state index in [1.807, 2.05) is 6.92 Å². The lowest BCUT2D eigenvalue weighted by Gasteiger charge is -2.13. The van der Waals surface area contributed by atoms with Gasteiger partial charge in [0.1, 0.15) is 5.75 Å². The van der Waals surface area contributed by atoms with Crippen LogP contribution in [0.4, 0.5) is 13.6 Å². The second-order valence-electron chi connectivity index (χ2n) is 4.53. The zero-order valence-corrected chi connectivity index (χ0v) is 12.1. The Morgan fingerprint density at radius 2 is 1.95 bits per heavy atom. The van der Waals surface area contributed by atoms with Gasteiger partial charge in [-0.05, 0) is 31.0 Å². The molecule has 0 saturated carbocycles. The van der Waals surface area contributed by atoms with Gasteiger partial charge in [0.25, 0.3) is 0 Å². The summed E-state index contributed by atoms with van der Waals surface area (Å²) in [5.74, 6) is 0.118. The number of urea groups is 1. The summed E-state index contributed by atoms with van der Waals surface area (Å²) < 4.78 is 33.1. The molecule has 0 aliphatic carbocycles. The number of benzene rings is 1. The second-order valence-corrected chi connectivity index (χ2v) is 4.53. The Bertz CT molecular complexity index is 427. The number of carbonyl (C=O) groups is 1. The fourth-order valence-corrected chi connectivity index (χ4v) is 1.72. The highest BCUT2D eigenvalue weighted by atomic mass is 19.3. The Hall–Kier alpha value is -1.89. The van der Waals surface area contributed by atoms with Crippen molar-refractivity contribution in [3.05, 3.63) is 29.8 Å². The van der Waals surface area contributed by atoms with Crippen molar-refractivity contribution in [2.75, 3.05) is 20.3 Å². The first-order valence-electron chi connectivity index (χ1n) is 6.58. The molecule has 7 heteroatoms. The molecule has 2 amide bonds. The Labute approximate surface area is 122 Å². The van der Waals surface area contributed by atoms with Crippen molar-refractivity contribution in [3.8, 4) is 5.75 Å². The number of methoxy groups -OCH3 is 1. The first kappa shape index (κ1) is 17.2. The summed E-state index contributed by atoms with van der Waals surface area (Å²) in [7, 11) is 1.57.